The van der Waals surface area contributed by atoms with Gasteiger partial charge in [-0.1, -0.05) is 0 Å². The summed E-state index contributed by atoms with van der Waals surface area (Å²) in [5, 5.41) is 13.3. The van der Waals surface area contributed by atoms with E-state index in [1.165, 1.54) is 13.3 Å². The number of aromatic nitrogens is 3. The monoisotopic (exact) mass is 278 g/mol. The van der Waals surface area contributed by atoms with E-state index in [0.717, 1.165) is 10.2 Å². The third-order valence-electron chi connectivity index (χ3n) is 2.87. The second-order valence-electron chi connectivity index (χ2n) is 4.20. The molecule has 0 aliphatic carbocycles. The molecule has 2 heterocycles. The number of methoxy groups -OCH3 is 1. The van der Waals surface area contributed by atoms with Crippen molar-refractivity contribution in [3.63, 3.8) is 0 Å². The largest absolute Gasteiger partial charge is 0.477 e. The zero-order chi connectivity index (χ0) is 14.9. The summed E-state index contributed by atoms with van der Waals surface area (Å²) < 4.78 is 7.21. The van der Waals surface area contributed by atoms with Gasteiger partial charge in [0, 0.05) is 30.6 Å². The van der Waals surface area contributed by atoms with Crippen LogP contribution in [0.3, 0.4) is 0 Å². The fourth-order valence-corrected chi connectivity index (χ4v) is 1.95. The molecule has 0 aromatic carbocycles. The van der Waals surface area contributed by atoms with E-state index < -0.39 is 12.1 Å². The second kappa shape index (κ2) is 5.08. The van der Waals surface area contributed by atoms with Crippen LogP contribution in [0.15, 0.2) is 18.6 Å². The van der Waals surface area contributed by atoms with Crippen LogP contribution in [0.1, 0.15) is 16.1 Å². The van der Waals surface area contributed by atoms with Gasteiger partial charge in [-0.3, -0.25) is 9.36 Å². The zero-order valence-corrected chi connectivity index (χ0v) is 11.2. The molecule has 0 radical (unpaired) electrons. The van der Waals surface area contributed by atoms with Crippen LogP contribution in [-0.4, -0.2) is 38.7 Å². The lowest BCUT2D eigenvalue weighted by Gasteiger charge is -2.07. The van der Waals surface area contributed by atoms with Crippen LogP contribution in [0, 0.1) is 6.92 Å². The quantitative estimate of drug-likeness (QED) is 0.879. The maximum absolute atomic E-state index is 11.3. The number of nitrogens with one attached hydrogen (secondary N) is 1. The third kappa shape index (κ3) is 2.35. The molecule has 1 amide bonds. The summed E-state index contributed by atoms with van der Waals surface area (Å²) in [6.45, 7) is 1.67. The van der Waals surface area contributed by atoms with Crippen LogP contribution in [0.4, 0.5) is 4.79 Å². The molecule has 2 rings (SSSR count). The molecule has 0 fully saturated rings. The van der Waals surface area contributed by atoms with Crippen molar-refractivity contribution in [1.82, 2.24) is 14.5 Å². The number of nitrogens with zero attached hydrogens (tertiary/aromatic N) is 3. The van der Waals surface area contributed by atoms with Crippen molar-refractivity contribution in [2.45, 2.75) is 6.92 Å². The first-order valence-corrected chi connectivity index (χ1v) is 5.73. The first-order chi connectivity index (χ1) is 9.43. The average Bonchev–Trinajstić information content (AvgIpc) is 2.93. The summed E-state index contributed by atoms with van der Waals surface area (Å²) in [5.74, 6) is -1.14. The molecule has 0 unspecified atom stereocenters. The summed E-state index contributed by atoms with van der Waals surface area (Å²) in [5.41, 5.74) is 4.26. The molecule has 2 N–H and O–H groups in total. The molecule has 0 saturated carbocycles. The van der Waals surface area contributed by atoms with Crippen molar-refractivity contribution in [2.24, 2.45) is 7.05 Å². The summed E-state index contributed by atoms with van der Waals surface area (Å²) in [4.78, 5) is 22.6. The van der Waals surface area contributed by atoms with Gasteiger partial charge in [-0.15, -0.1) is 0 Å². The Bertz CT molecular complexity index is 671. The second-order valence-corrected chi connectivity index (χ2v) is 4.20. The molecule has 0 bridgehead atoms. The van der Waals surface area contributed by atoms with Crippen molar-refractivity contribution in [1.29, 1.82) is 0 Å². The Hall–Kier alpha value is -2.77. The normalized spacial score (nSPS) is 10.3. The number of rotatable bonds is 3. The molecule has 106 valence electrons. The average molecular weight is 278 g/mol. The van der Waals surface area contributed by atoms with E-state index in [2.05, 4.69) is 15.3 Å². The molecule has 2 aromatic rings. The number of ether oxygens (including phenoxy) is 1. The van der Waals surface area contributed by atoms with Crippen molar-refractivity contribution in [3.8, 4) is 11.1 Å². The lowest BCUT2D eigenvalue weighted by atomic mass is 10.1. The highest BCUT2D eigenvalue weighted by Crippen LogP contribution is 2.26. The standard InChI is InChI=1S/C12H14N4O4/c1-7-9(8-4-13-15(2)5-8)6-16(10(7)11(17)18)14-12(19)20-3/h4-6H,1-3H3,(H,14,19)(H,17,18). The van der Waals surface area contributed by atoms with E-state index in [0.29, 0.717) is 11.1 Å². The maximum atomic E-state index is 11.3. The van der Waals surface area contributed by atoms with Crippen molar-refractivity contribution in [3.05, 3.63) is 29.8 Å². The highest BCUT2D eigenvalue weighted by Gasteiger charge is 2.21. The molecule has 8 heteroatoms. The summed E-state index contributed by atoms with van der Waals surface area (Å²) >= 11 is 0. The minimum absolute atomic E-state index is 0.0331. The topological polar surface area (TPSA) is 98.4 Å². The molecule has 0 atom stereocenters. The van der Waals surface area contributed by atoms with Gasteiger partial charge in [-0.05, 0) is 12.5 Å². The maximum Gasteiger partial charge on any atom is 0.426 e. The number of aromatic carboxylic acids is 1. The minimum atomic E-state index is -1.14. The Morgan fingerprint density at radius 1 is 1.40 bits per heavy atom. The van der Waals surface area contributed by atoms with Crippen molar-refractivity contribution >= 4 is 12.1 Å². The van der Waals surface area contributed by atoms with Gasteiger partial charge in [0.2, 0.25) is 0 Å². The van der Waals surface area contributed by atoms with E-state index in [1.54, 1.807) is 31.0 Å². The highest BCUT2D eigenvalue weighted by atomic mass is 16.5. The van der Waals surface area contributed by atoms with Gasteiger partial charge in [0.25, 0.3) is 0 Å². The molecular weight excluding hydrogens is 264 g/mol. The van der Waals surface area contributed by atoms with Crippen molar-refractivity contribution in [2.75, 3.05) is 12.5 Å². The Labute approximate surface area is 114 Å². The van der Waals surface area contributed by atoms with E-state index >= 15 is 0 Å². The number of amides is 1. The van der Waals surface area contributed by atoms with Gasteiger partial charge in [-0.2, -0.15) is 5.10 Å². The fraction of sp³-hybridized carbons (Fsp3) is 0.250. The molecule has 2 aromatic heterocycles. The van der Waals surface area contributed by atoms with E-state index in [-0.39, 0.29) is 5.69 Å². The van der Waals surface area contributed by atoms with Crippen LogP contribution in [0.2, 0.25) is 0 Å². The van der Waals surface area contributed by atoms with Gasteiger partial charge in [-0.25, -0.2) is 15.0 Å². The summed E-state index contributed by atoms with van der Waals surface area (Å²) in [6, 6.07) is 0. The predicted molar refractivity (Wildman–Crippen MR) is 70.1 cm³/mol. The summed E-state index contributed by atoms with van der Waals surface area (Å²) in [6.07, 6.45) is 4.15. The third-order valence-corrected chi connectivity index (χ3v) is 2.87. The lowest BCUT2D eigenvalue weighted by Crippen LogP contribution is -2.25. The van der Waals surface area contributed by atoms with Gasteiger partial charge < -0.3 is 9.84 Å². The van der Waals surface area contributed by atoms with E-state index in [4.69, 9.17) is 0 Å². The number of hydrogen-bond acceptors (Lipinski definition) is 4. The number of carbonyl (C=O) groups is 2. The van der Waals surface area contributed by atoms with E-state index in [9.17, 15) is 14.7 Å². The van der Waals surface area contributed by atoms with Gasteiger partial charge in [0.05, 0.1) is 13.3 Å². The first-order valence-electron chi connectivity index (χ1n) is 5.73. The van der Waals surface area contributed by atoms with Crippen LogP contribution in [-0.2, 0) is 11.8 Å². The number of carbonyl (C=O) groups excluding carboxylic acids is 1. The Balaban J connectivity index is 2.52. The van der Waals surface area contributed by atoms with Crippen LogP contribution in [0.5, 0.6) is 0 Å². The Kier molecular flexibility index (Phi) is 3.47. The van der Waals surface area contributed by atoms with Crippen LogP contribution < -0.4 is 5.43 Å². The zero-order valence-electron chi connectivity index (χ0n) is 11.2. The number of carboxylic acids is 1. The van der Waals surface area contributed by atoms with Crippen LogP contribution in [0.25, 0.3) is 11.1 Å². The fourth-order valence-electron chi connectivity index (χ4n) is 1.95. The molecule has 20 heavy (non-hydrogen) atoms. The number of hydrogen-bond donors (Lipinski definition) is 2. The molecule has 0 spiro atoms. The molecular formula is C12H14N4O4. The van der Waals surface area contributed by atoms with Crippen molar-refractivity contribution < 1.29 is 19.4 Å². The minimum Gasteiger partial charge on any atom is -0.477 e. The first kappa shape index (κ1) is 13.7. The summed E-state index contributed by atoms with van der Waals surface area (Å²) in [7, 11) is 2.97. The number of aryl methyl sites for hydroxylation is 1. The number of carboxylic acid groups (broad SMARTS) is 1. The Morgan fingerprint density at radius 3 is 2.60 bits per heavy atom. The molecule has 0 aliphatic rings. The molecule has 0 saturated heterocycles. The van der Waals surface area contributed by atoms with Gasteiger partial charge >= 0.3 is 12.1 Å². The Morgan fingerprint density at radius 2 is 2.10 bits per heavy atom. The smallest absolute Gasteiger partial charge is 0.426 e. The molecule has 0 aliphatic heterocycles. The van der Waals surface area contributed by atoms with Crippen LogP contribution >= 0.6 is 0 Å². The predicted octanol–water partition coefficient (Wildman–Crippen LogP) is 1.21. The lowest BCUT2D eigenvalue weighted by molar-refractivity contribution is 0.0686. The highest BCUT2D eigenvalue weighted by molar-refractivity contribution is 5.92. The van der Waals surface area contributed by atoms with Gasteiger partial charge in [0.1, 0.15) is 0 Å². The van der Waals surface area contributed by atoms with E-state index in [1.807, 2.05) is 0 Å². The van der Waals surface area contributed by atoms with Gasteiger partial charge in [0.15, 0.2) is 5.69 Å². The molecule has 8 nitrogen and oxygen atoms in total. The SMILES string of the molecule is COC(=O)Nn1cc(-c2cnn(C)c2)c(C)c1C(=O)O.